The minimum atomic E-state index is 0.139. The number of aliphatic imine (C=N–C) groups is 1. The number of hydrogen-bond donors (Lipinski definition) is 1. The zero-order valence-corrected chi connectivity index (χ0v) is 11.0. The van der Waals surface area contributed by atoms with E-state index >= 15 is 0 Å². The molecule has 0 aromatic rings. The minimum Gasteiger partial charge on any atom is -0.379 e. The summed E-state index contributed by atoms with van der Waals surface area (Å²) in [6, 6.07) is 0. The van der Waals surface area contributed by atoms with Crippen LogP contribution in [0.15, 0.2) is 4.99 Å². The molecule has 2 aliphatic heterocycles. The third-order valence-electron chi connectivity index (χ3n) is 3.28. The first kappa shape index (κ1) is 12.2. The summed E-state index contributed by atoms with van der Waals surface area (Å²) in [6.07, 6.45) is 2.30. The van der Waals surface area contributed by atoms with Gasteiger partial charge in [-0.15, -0.1) is 0 Å². The molecule has 1 saturated heterocycles. The van der Waals surface area contributed by atoms with Gasteiger partial charge in [-0.25, -0.2) is 5.01 Å². The number of morpholine rings is 1. The van der Waals surface area contributed by atoms with Crippen molar-refractivity contribution in [1.29, 1.82) is 0 Å². The fourth-order valence-corrected chi connectivity index (χ4v) is 3.04. The summed E-state index contributed by atoms with van der Waals surface area (Å²) >= 11 is 1.83. The second kappa shape index (κ2) is 5.38. The fourth-order valence-electron chi connectivity index (χ4n) is 1.82. The molecule has 2 rings (SSSR count). The molecule has 4 nitrogen and oxygen atoms in total. The van der Waals surface area contributed by atoms with Crippen LogP contribution in [0.3, 0.4) is 0 Å². The highest BCUT2D eigenvalue weighted by atomic mass is 32.2. The van der Waals surface area contributed by atoms with Gasteiger partial charge in [0.25, 0.3) is 0 Å². The van der Waals surface area contributed by atoms with Crippen molar-refractivity contribution in [2.24, 2.45) is 4.99 Å². The molecule has 0 aliphatic carbocycles. The Balaban J connectivity index is 1.92. The van der Waals surface area contributed by atoms with Gasteiger partial charge in [0.15, 0.2) is 5.17 Å². The Morgan fingerprint density at radius 3 is 2.94 bits per heavy atom. The third-order valence-corrected chi connectivity index (χ3v) is 4.14. The van der Waals surface area contributed by atoms with E-state index < -0.39 is 0 Å². The van der Waals surface area contributed by atoms with Crippen molar-refractivity contribution >= 4 is 16.9 Å². The van der Waals surface area contributed by atoms with E-state index in [1.54, 1.807) is 0 Å². The summed E-state index contributed by atoms with van der Waals surface area (Å²) in [4.78, 5) is 4.81. The number of hydrogen-bond acceptors (Lipinski definition) is 5. The number of thioether (sulfide) groups is 1. The first-order valence-electron chi connectivity index (χ1n) is 6.04. The molecule has 2 heterocycles. The van der Waals surface area contributed by atoms with Crippen molar-refractivity contribution in [2.75, 3.05) is 32.1 Å². The molecule has 1 unspecified atom stereocenters. The van der Waals surface area contributed by atoms with Crippen molar-refractivity contribution in [1.82, 2.24) is 10.4 Å². The number of amidine groups is 1. The summed E-state index contributed by atoms with van der Waals surface area (Å²) in [5.41, 5.74) is 3.55. The zero-order valence-electron chi connectivity index (χ0n) is 10.2. The van der Waals surface area contributed by atoms with Crippen LogP contribution in [0.25, 0.3) is 0 Å². The molecule has 0 amide bonds. The fraction of sp³-hybridized carbons (Fsp3) is 0.909. The zero-order chi connectivity index (χ0) is 11.4. The number of ether oxygens (including phenoxy) is 1. The second-order valence-corrected chi connectivity index (χ2v) is 5.66. The molecule has 1 atom stereocenters. The Morgan fingerprint density at radius 2 is 2.25 bits per heavy atom. The second-order valence-electron chi connectivity index (χ2n) is 4.58. The summed E-state index contributed by atoms with van der Waals surface area (Å²) in [5, 5.41) is 3.29. The van der Waals surface area contributed by atoms with Gasteiger partial charge in [0, 0.05) is 18.8 Å². The molecule has 5 heteroatoms. The highest BCUT2D eigenvalue weighted by Gasteiger charge is 2.26. The molecule has 0 saturated carbocycles. The van der Waals surface area contributed by atoms with E-state index in [-0.39, 0.29) is 5.54 Å². The van der Waals surface area contributed by atoms with Gasteiger partial charge < -0.3 is 4.74 Å². The van der Waals surface area contributed by atoms with Gasteiger partial charge in [-0.3, -0.25) is 10.4 Å². The maximum Gasteiger partial charge on any atom is 0.171 e. The molecule has 0 radical (unpaired) electrons. The van der Waals surface area contributed by atoms with Crippen molar-refractivity contribution in [3.8, 4) is 0 Å². The number of nitrogens with zero attached hydrogens (tertiary/aromatic N) is 2. The van der Waals surface area contributed by atoms with Crippen LogP contribution < -0.4 is 5.43 Å². The van der Waals surface area contributed by atoms with Crippen LogP contribution in [-0.4, -0.2) is 47.8 Å². The van der Waals surface area contributed by atoms with Gasteiger partial charge in [-0.05, 0) is 19.8 Å². The quantitative estimate of drug-likeness (QED) is 0.797. The highest BCUT2D eigenvalue weighted by molar-refractivity contribution is 8.13. The van der Waals surface area contributed by atoms with Crippen LogP contribution in [0.1, 0.15) is 26.7 Å². The van der Waals surface area contributed by atoms with E-state index in [1.165, 1.54) is 12.2 Å². The number of nitrogens with one attached hydrogen (secondary N) is 1. The molecular formula is C11H21N3OS. The molecule has 0 aromatic carbocycles. The first-order chi connectivity index (χ1) is 7.72. The van der Waals surface area contributed by atoms with Gasteiger partial charge in [0.05, 0.1) is 18.8 Å². The molecule has 0 spiro atoms. The van der Waals surface area contributed by atoms with E-state index in [4.69, 9.17) is 9.73 Å². The highest BCUT2D eigenvalue weighted by Crippen LogP contribution is 2.28. The Morgan fingerprint density at radius 1 is 1.50 bits per heavy atom. The lowest BCUT2D eigenvalue weighted by atomic mass is 9.97. The van der Waals surface area contributed by atoms with E-state index in [9.17, 15) is 0 Å². The van der Waals surface area contributed by atoms with E-state index in [1.807, 2.05) is 11.8 Å². The monoisotopic (exact) mass is 243 g/mol. The Labute approximate surface area is 102 Å². The topological polar surface area (TPSA) is 36.9 Å². The maximum absolute atomic E-state index is 5.32. The molecular weight excluding hydrogens is 222 g/mol. The average molecular weight is 243 g/mol. The Hall–Kier alpha value is -0.260. The van der Waals surface area contributed by atoms with Gasteiger partial charge in [0.1, 0.15) is 0 Å². The lowest BCUT2D eigenvalue weighted by Crippen LogP contribution is -2.49. The van der Waals surface area contributed by atoms with Gasteiger partial charge in [-0.1, -0.05) is 18.7 Å². The van der Waals surface area contributed by atoms with Gasteiger partial charge >= 0.3 is 0 Å². The largest absolute Gasteiger partial charge is 0.379 e. The van der Waals surface area contributed by atoms with Crippen molar-refractivity contribution in [2.45, 2.75) is 32.2 Å². The summed E-state index contributed by atoms with van der Waals surface area (Å²) < 4.78 is 5.32. The lowest BCUT2D eigenvalue weighted by Gasteiger charge is -2.33. The van der Waals surface area contributed by atoms with Crippen LogP contribution in [0.5, 0.6) is 0 Å². The number of rotatable bonds is 2. The SMILES string of the molecule is CCC1(C)CCSC(NN2CCOCC2)=N1. The molecule has 1 fully saturated rings. The summed E-state index contributed by atoms with van der Waals surface area (Å²) in [6.45, 7) is 7.98. The standard InChI is InChI=1S/C11H21N3OS/c1-3-11(2)4-9-16-10(12-11)13-14-5-7-15-8-6-14/h3-9H2,1-2H3,(H,12,13). The van der Waals surface area contributed by atoms with Crippen LogP contribution in [0.4, 0.5) is 0 Å². The van der Waals surface area contributed by atoms with E-state index in [2.05, 4.69) is 24.3 Å². The van der Waals surface area contributed by atoms with Crippen molar-refractivity contribution in [3.05, 3.63) is 0 Å². The normalized spacial score (nSPS) is 32.2. The molecule has 16 heavy (non-hydrogen) atoms. The van der Waals surface area contributed by atoms with Crippen LogP contribution in [0.2, 0.25) is 0 Å². The third kappa shape index (κ3) is 3.12. The maximum atomic E-state index is 5.32. The minimum absolute atomic E-state index is 0.139. The van der Waals surface area contributed by atoms with E-state index in [0.717, 1.165) is 37.9 Å². The Bertz CT molecular complexity index is 266. The molecule has 0 bridgehead atoms. The smallest absolute Gasteiger partial charge is 0.171 e. The predicted octanol–water partition coefficient (Wildman–Crippen LogP) is 1.48. The first-order valence-corrected chi connectivity index (χ1v) is 7.02. The van der Waals surface area contributed by atoms with Crippen LogP contribution in [0, 0.1) is 0 Å². The molecule has 1 N–H and O–H groups in total. The predicted molar refractivity (Wildman–Crippen MR) is 68.7 cm³/mol. The lowest BCUT2D eigenvalue weighted by molar-refractivity contribution is 0.0252. The van der Waals surface area contributed by atoms with Crippen molar-refractivity contribution in [3.63, 3.8) is 0 Å². The Kier molecular flexibility index (Phi) is 4.10. The van der Waals surface area contributed by atoms with Crippen molar-refractivity contribution < 1.29 is 4.74 Å². The summed E-state index contributed by atoms with van der Waals surface area (Å²) in [5.74, 6) is 1.17. The van der Waals surface area contributed by atoms with E-state index in [0.29, 0.717) is 0 Å². The van der Waals surface area contributed by atoms with Gasteiger partial charge in [-0.2, -0.15) is 0 Å². The molecule has 92 valence electrons. The molecule has 2 aliphatic rings. The van der Waals surface area contributed by atoms with Gasteiger partial charge in [0.2, 0.25) is 0 Å². The summed E-state index contributed by atoms with van der Waals surface area (Å²) in [7, 11) is 0. The van der Waals surface area contributed by atoms with Crippen LogP contribution >= 0.6 is 11.8 Å². The number of hydrazine groups is 1. The van der Waals surface area contributed by atoms with Crippen LogP contribution in [-0.2, 0) is 4.74 Å². The average Bonchev–Trinajstić information content (AvgIpc) is 2.30. The molecule has 0 aromatic heterocycles.